The van der Waals surface area contributed by atoms with Gasteiger partial charge in [0.25, 0.3) is 0 Å². The smallest absolute Gasteiger partial charge is 0.310 e. The van der Waals surface area contributed by atoms with Crippen LogP contribution in [0.1, 0.15) is 36.8 Å². The zero-order chi connectivity index (χ0) is 16.4. The predicted molar refractivity (Wildman–Crippen MR) is 81.9 cm³/mol. The van der Waals surface area contributed by atoms with Gasteiger partial charge in [-0.3, -0.25) is 9.78 Å². The summed E-state index contributed by atoms with van der Waals surface area (Å²) < 4.78 is 32.1. The molecule has 0 N–H and O–H groups in total. The number of hydrogen-bond acceptors (Lipinski definition) is 3. The van der Waals surface area contributed by atoms with E-state index in [4.69, 9.17) is 4.74 Å². The number of carbonyl (C=O) groups excluding carboxylic acids is 1. The van der Waals surface area contributed by atoms with Crippen molar-refractivity contribution in [2.24, 2.45) is 0 Å². The van der Waals surface area contributed by atoms with Gasteiger partial charge in [-0.15, -0.1) is 0 Å². The van der Waals surface area contributed by atoms with Crippen LogP contribution in [0.4, 0.5) is 8.78 Å². The van der Waals surface area contributed by atoms with Crippen LogP contribution in [0, 0.1) is 11.6 Å². The molecule has 1 fully saturated rings. The minimum Gasteiger partial charge on any atom is -0.466 e. The highest BCUT2D eigenvalue weighted by atomic mass is 19.1. The first kappa shape index (κ1) is 15.6. The van der Waals surface area contributed by atoms with Gasteiger partial charge < -0.3 is 4.74 Å². The van der Waals surface area contributed by atoms with Crippen molar-refractivity contribution in [2.45, 2.75) is 32.1 Å². The monoisotopic (exact) mass is 317 g/mol. The van der Waals surface area contributed by atoms with Gasteiger partial charge in [-0.1, -0.05) is 0 Å². The van der Waals surface area contributed by atoms with E-state index >= 15 is 0 Å². The lowest BCUT2D eigenvalue weighted by atomic mass is 9.95. The Labute approximate surface area is 133 Å². The first-order valence-corrected chi connectivity index (χ1v) is 7.68. The molecule has 120 valence electrons. The minimum absolute atomic E-state index is 0.146. The Morgan fingerprint density at radius 3 is 2.57 bits per heavy atom. The van der Waals surface area contributed by atoms with Crippen LogP contribution in [0.5, 0.6) is 0 Å². The molecule has 1 aliphatic rings. The second-order valence-corrected chi connectivity index (χ2v) is 5.65. The maximum Gasteiger partial charge on any atom is 0.310 e. The van der Waals surface area contributed by atoms with Crippen LogP contribution in [0.15, 0.2) is 30.5 Å². The van der Waals surface area contributed by atoms with E-state index in [2.05, 4.69) is 4.98 Å². The van der Waals surface area contributed by atoms with Crippen molar-refractivity contribution >= 4 is 5.97 Å². The van der Waals surface area contributed by atoms with E-state index in [0.717, 1.165) is 30.0 Å². The Morgan fingerprint density at radius 1 is 1.26 bits per heavy atom. The Hall–Kier alpha value is -2.30. The van der Waals surface area contributed by atoms with Crippen LogP contribution in [0.3, 0.4) is 0 Å². The molecule has 0 aliphatic heterocycles. The molecule has 0 unspecified atom stereocenters. The molecule has 3 rings (SSSR count). The summed E-state index contributed by atoms with van der Waals surface area (Å²) in [5.74, 6) is -1.30. The number of halogens is 2. The molecule has 2 aromatic rings. The minimum atomic E-state index is -0.639. The second kappa shape index (κ2) is 6.44. The maximum absolute atomic E-state index is 13.5. The third-order valence-electron chi connectivity index (χ3n) is 3.84. The van der Waals surface area contributed by atoms with Crippen molar-refractivity contribution in [1.82, 2.24) is 4.98 Å². The van der Waals surface area contributed by atoms with Gasteiger partial charge in [-0.2, -0.15) is 0 Å². The maximum atomic E-state index is 13.5. The summed E-state index contributed by atoms with van der Waals surface area (Å²) in [5, 5.41) is 0. The molecule has 5 heteroatoms. The molecular formula is C18H17F2NO2. The standard InChI is InChI=1S/C18H17F2NO2/c1-2-23-16(22)9-12-5-6-21-18(17(12)11-3-4-11)13-7-14(19)10-15(20)8-13/h5-8,10-11H,2-4,9H2,1H3. The molecule has 1 aromatic heterocycles. The van der Waals surface area contributed by atoms with Gasteiger partial charge in [0.15, 0.2) is 0 Å². The fraction of sp³-hybridized carbons (Fsp3) is 0.333. The lowest BCUT2D eigenvalue weighted by Gasteiger charge is -2.13. The summed E-state index contributed by atoms with van der Waals surface area (Å²) >= 11 is 0. The highest BCUT2D eigenvalue weighted by molar-refractivity contribution is 5.75. The summed E-state index contributed by atoms with van der Waals surface area (Å²) in [6.07, 6.45) is 3.70. The largest absolute Gasteiger partial charge is 0.466 e. The Kier molecular flexibility index (Phi) is 4.37. The van der Waals surface area contributed by atoms with Crippen LogP contribution in [0.2, 0.25) is 0 Å². The number of aromatic nitrogens is 1. The highest BCUT2D eigenvalue weighted by Gasteiger charge is 2.30. The average Bonchev–Trinajstić information content (AvgIpc) is 3.30. The highest BCUT2D eigenvalue weighted by Crippen LogP contribution is 2.45. The van der Waals surface area contributed by atoms with E-state index in [1.54, 1.807) is 19.2 Å². The molecule has 3 nitrogen and oxygen atoms in total. The molecule has 0 amide bonds. The van der Waals surface area contributed by atoms with Crippen molar-refractivity contribution in [3.8, 4) is 11.3 Å². The van der Waals surface area contributed by atoms with Gasteiger partial charge in [-0.25, -0.2) is 8.78 Å². The van der Waals surface area contributed by atoms with Crippen molar-refractivity contribution < 1.29 is 18.3 Å². The van der Waals surface area contributed by atoms with Gasteiger partial charge >= 0.3 is 5.97 Å². The van der Waals surface area contributed by atoms with Gasteiger partial charge in [-0.05, 0) is 55.0 Å². The molecule has 1 aliphatic carbocycles. The summed E-state index contributed by atoms with van der Waals surface area (Å²) in [6, 6.07) is 5.16. The van der Waals surface area contributed by atoms with Gasteiger partial charge in [0.05, 0.1) is 18.7 Å². The summed E-state index contributed by atoms with van der Waals surface area (Å²) in [6.45, 7) is 2.08. The van der Waals surface area contributed by atoms with Crippen molar-refractivity contribution in [1.29, 1.82) is 0 Å². The molecule has 0 bridgehead atoms. The van der Waals surface area contributed by atoms with E-state index in [9.17, 15) is 13.6 Å². The van der Waals surface area contributed by atoms with Crippen molar-refractivity contribution in [2.75, 3.05) is 6.61 Å². The number of nitrogens with zero attached hydrogens (tertiary/aromatic N) is 1. The van der Waals surface area contributed by atoms with Crippen LogP contribution >= 0.6 is 0 Å². The number of pyridine rings is 1. The van der Waals surface area contributed by atoms with Crippen molar-refractivity contribution in [3.05, 3.63) is 53.2 Å². The molecule has 1 saturated carbocycles. The van der Waals surface area contributed by atoms with E-state index in [-0.39, 0.29) is 18.3 Å². The third-order valence-corrected chi connectivity index (χ3v) is 3.84. The molecule has 23 heavy (non-hydrogen) atoms. The first-order chi connectivity index (χ1) is 11.1. The lowest BCUT2D eigenvalue weighted by Crippen LogP contribution is -2.10. The predicted octanol–water partition coefficient (Wildman–Crippen LogP) is 4.01. The Morgan fingerprint density at radius 2 is 1.96 bits per heavy atom. The Bertz CT molecular complexity index is 722. The van der Waals surface area contributed by atoms with E-state index < -0.39 is 11.6 Å². The van der Waals surface area contributed by atoms with Crippen LogP contribution < -0.4 is 0 Å². The summed E-state index contributed by atoms with van der Waals surface area (Å²) in [7, 11) is 0. The average molecular weight is 317 g/mol. The summed E-state index contributed by atoms with van der Waals surface area (Å²) in [5.41, 5.74) is 2.67. The Balaban J connectivity index is 2.05. The normalized spacial score (nSPS) is 13.9. The number of carbonyl (C=O) groups is 1. The summed E-state index contributed by atoms with van der Waals surface area (Å²) in [4.78, 5) is 16.1. The topological polar surface area (TPSA) is 39.2 Å². The second-order valence-electron chi connectivity index (χ2n) is 5.65. The van der Waals surface area contributed by atoms with E-state index in [0.29, 0.717) is 17.9 Å². The fourth-order valence-electron chi connectivity index (χ4n) is 2.78. The zero-order valence-corrected chi connectivity index (χ0v) is 12.8. The third kappa shape index (κ3) is 3.55. The number of rotatable bonds is 5. The number of benzene rings is 1. The zero-order valence-electron chi connectivity index (χ0n) is 12.8. The molecule has 0 radical (unpaired) electrons. The SMILES string of the molecule is CCOC(=O)Cc1ccnc(-c2cc(F)cc(F)c2)c1C1CC1. The molecule has 0 atom stereocenters. The van der Waals surface area contributed by atoms with E-state index in [1.807, 2.05) is 0 Å². The van der Waals surface area contributed by atoms with E-state index in [1.165, 1.54) is 12.1 Å². The lowest BCUT2D eigenvalue weighted by molar-refractivity contribution is -0.142. The molecule has 1 aromatic carbocycles. The first-order valence-electron chi connectivity index (χ1n) is 7.68. The number of ether oxygens (including phenoxy) is 1. The quantitative estimate of drug-likeness (QED) is 0.782. The van der Waals surface area contributed by atoms with Crippen molar-refractivity contribution in [3.63, 3.8) is 0 Å². The number of hydrogen-bond donors (Lipinski definition) is 0. The molecular weight excluding hydrogens is 300 g/mol. The van der Waals surface area contributed by atoms with Crippen LogP contribution in [-0.4, -0.2) is 17.6 Å². The van der Waals surface area contributed by atoms with Gasteiger partial charge in [0.1, 0.15) is 11.6 Å². The van der Waals surface area contributed by atoms with Gasteiger partial charge in [0.2, 0.25) is 0 Å². The van der Waals surface area contributed by atoms with Gasteiger partial charge in [0, 0.05) is 17.8 Å². The fourth-order valence-corrected chi connectivity index (χ4v) is 2.78. The molecule has 0 saturated heterocycles. The molecule has 1 heterocycles. The number of esters is 1. The molecule has 0 spiro atoms. The van der Waals surface area contributed by atoms with Crippen LogP contribution in [0.25, 0.3) is 11.3 Å². The van der Waals surface area contributed by atoms with Crippen LogP contribution in [-0.2, 0) is 16.0 Å².